The van der Waals surface area contributed by atoms with E-state index in [0.29, 0.717) is 18.8 Å². The van der Waals surface area contributed by atoms with Gasteiger partial charge in [0.25, 0.3) is 5.91 Å². The SMILES string of the molecule is Cn1nccc1C(=O)N1CCNC(=O)C1(C)C. The minimum absolute atomic E-state index is 0.126. The van der Waals surface area contributed by atoms with Crippen molar-refractivity contribution in [3.8, 4) is 0 Å². The largest absolute Gasteiger partial charge is 0.352 e. The Hall–Kier alpha value is -1.85. The molecule has 2 heterocycles. The van der Waals surface area contributed by atoms with Gasteiger partial charge in [-0.25, -0.2) is 0 Å². The van der Waals surface area contributed by atoms with Gasteiger partial charge >= 0.3 is 0 Å². The molecule has 1 aliphatic heterocycles. The first-order chi connectivity index (χ1) is 7.94. The molecule has 0 saturated carbocycles. The summed E-state index contributed by atoms with van der Waals surface area (Å²) in [5.41, 5.74) is -0.327. The molecule has 6 heteroatoms. The van der Waals surface area contributed by atoms with Crippen LogP contribution in [-0.4, -0.2) is 45.1 Å². The number of hydrogen-bond donors (Lipinski definition) is 1. The highest BCUT2D eigenvalue weighted by Crippen LogP contribution is 2.20. The molecule has 0 aromatic carbocycles. The third-order valence-corrected chi connectivity index (χ3v) is 3.14. The Morgan fingerprint density at radius 3 is 2.82 bits per heavy atom. The van der Waals surface area contributed by atoms with Crippen LogP contribution in [0, 0.1) is 0 Å². The summed E-state index contributed by atoms with van der Waals surface area (Å²) in [4.78, 5) is 25.7. The summed E-state index contributed by atoms with van der Waals surface area (Å²) in [7, 11) is 1.71. The van der Waals surface area contributed by atoms with E-state index in [2.05, 4.69) is 10.4 Å². The maximum absolute atomic E-state index is 12.3. The van der Waals surface area contributed by atoms with Crippen molar-refractivity contribution in [1.29, 1.82) is 0 Å². The molecule has 17 heavy (non-hydrogen) atoms. The fraction of sp³-hybridized carbons (Fsp3) is 0.545. The van der Waals surface area contributed by atoms with Gasteiger partial charge in [0, 0.05) is 26.3 Å². The van der Waals surface area contributed by atoms with Gasteiger partial charge < -0.3 is 10.2 Å². The second-order valence-corrected chi connectivity index (χ2v) is 4.61. The van der Waals surface area contributed by atoms with Crippen LogP contribution in [-0.2, 0) is 11.8 Å². The van der Waals surface area contributed by atoms with Crippen molar-refractivity contribution in [3.63, 3.8) is 0 Å². The lowest BCUT2D eigenvalue weighted by atomic mass is 9.98. The van der Waals surface area contributed by atoms with E-state index < -0.39 is 5.54 Å². The van der Waals surface area contributed by atoms with Crippen molar-refractivity contribution in [1.82, 2.24) is 20.0 Å². The van der Waals surface area contributed by atoms with Crippen LogP contribution in [0.3, 0.4) is 0 Å². The van der Waals surface area contributed by atoms with Crippen molar-refractivity contribution in [2.75, 3.05) is 13.1 Å². The highest BCUT2D eigenvalue weighted by Gasteiger charge is 2.41. The van der Waals surface area contributed by atoms with E-state index in [1.54, 1.807) is 38.1 Å². The second-order valence-electron chi connectivity index (χ2n) is 4.61. The van der Waals surface area contributed by atoms with Crippen LogP contribution in [0.1, 0.15) is 24.3 Å². The Morgan fingerprint density at radius 2 is 2.24 bits per heavy atom. The molecular formula is C11H16N4O2. The Balaban J connectivity index is 2.31. The predicted octanol–water partition coefficient (Wildman–Crippen LogP) is -0.229. The molecule has 0 aliphatic carbocycles. The number of hydrogen-bond acceptors (Lipinski definition) is 3. The first-order valence-electron chi connectivity index (χ1n) is 5.53. The number of aryl methyl sites for hydroxylation is 1. The number of carbonyl (C=O) groups is 2. The summed E-state index contributed by atoms with van der Waals surface area (Å²) in [6, 6.07) is 1.66. The molecule has 1 aromatic rings. The number of piperazine rings is 1. The molecule has 0 bridgehead atoms. The van der Waals surface area contributed by atoms with Crippen LogP contribution in [0.15, 0.2) is 12.3 Å². The highest BCUT2D eigenvalue weighted by molar-refractivity contribution is 5.98. The van der Waals surface area contributed by atoms with Crippen molar-refractivity contribution in [2.45, 2.75) is 19.4 Å². The van der Waals surface area contributed by atoms with Gasteiger partial charge in [-0.2, -0.15) is 5.10 Å². The lowest BCUT2D eigenvalue weighted by molar-refractivity contribution is -0.133. The maximum atomic E-state index is 12.3. The first kappa shape index (κ1) is 11.6. The van der Waals surface area contributed by atoms with Gasteiger partial charge in [0.05, 0.1) is 0 Å². The fourth-order valence-corrected chi connectivity index (χ4v) is 1.98. The summed E-state index contributed by atoms with van der Waals surface area (Å²) in [5, 5.41) is 6.73. The van der Waals surface area contributed by atoms with E-state index in [1.807, 2.05) is 0 Å². The zero-order valence-electron chi connectivity index (χ0n) is 10.2. The second kappa shape index (κ2) is 3.87. The zero-order chi connectivity index (χ0) is 12.6. The Bertz CT molecular complexity index is 464. The van der Waals surface area contributed by atoms with Crippen molar-refractivity contribution < 1.29 is 9.59 Å². The third-order valence-electron chi connectivity index (χ3n) is 3.14. The fourth-order valence-electron chi connectivity index (χ4n) is 1.98. The van der Waals surface area contributed by atoms with Gasteiger partial charge in [0.2, 0.25) is 5.91 Å². The zero-order valence-corrected chi connectivity index (χ0v) is 10.2. The summed E-state index contributed by atoms with van der Waals surface area (Å²) in [6.45, 7) is 4.50. The average molecular weight is 236 g/mol. The van der Waals surface area contributed by atoms with Gasteiger partial charge in [0.1, 0.15) is 11.2 Å². The van der Waals surface area contributed by atoms with Gasteiger partial charge in [-0.15, -0.1) is 0 Å². The molecule has 2 amide bonds. The summed E-state index contributed by atoms with van der Waals surface area (Å²) < 4.78 is 1.52. The Morgan fingerprint density at radius 1 is 1.53 bits per heavy atom. The van der Waals surface area contributed by atoms with Crippen molar-refractivity contribution in [2.24, 2.45) is 7.05 Å². The lowest BCUT2D eigenvalue weighted by Crippen LogP contribution is -2.63. The molecule has 1 saturated heterocycles. The molecule has 1 aliphatic rings. The number of rotatable bonds is 1. The smallest absolute Gasteiger partial charge is 0.273 e. The lowest BCUT2D eigenvalue weighted by Gasteiger charge is -2.41. The molecular weight excluding hydrogens is 220 g/mol. The minimum Gasteiger partial charge on any atom is -0.352 e. The third kappa shape index (κ3) is 1.79. The molecule has 1 aromatic heterocycles. The molecule has 1 fully saturated rings. The minimum atomic E-state index is -0.820. The number of amides is 2. The molecule has 0 unspecified atom stereocenters. The van der Waals surface area contributed by atoms with Crippen LogP contribution in [0.4, 0.5) is 0 Å². The van der Waals surface area contributed by atoms with Crippen molar-refractivity contribution >= 4 is 11.8 Å². The molecule has 92 valence electrons. The number of aromatic nitrogens is 2. The first-order valence-corrected chi connectivity index (χ1v) is 5.53. The van der Waals surface area contributed by atoms with E-state index in [4.69, 9.17) is 0 Å². The van der Waals surface area contributed by atoms with E-state index in [0.717, 1.165) is 0 Å². The highest BCUT2D eigenvalue weighted by atomic mass is 16.2. The molecule has 1 N–H and O–H groups in total. The predicted molar refractivity (Wildman–Crippen MR) is 61.3 cm³/mol. The molecule has 6 nitrogen and oxygen atoms in total. The van der Waals surface area contributed by atoms with Crippen LogP contribution < -0.4 is 5.32 Å². The summed E-state index contributed by atoms with van der Waals surface area (Å²) in [6.07, 6.45) is 1.57. The van der Waals surface area contributed by atoms with Crippen LogP contribution in [0.25, 0.3) is 0 Å². The topological polar surface area (TPSA) is 67.2 Å². The van der Waals surface area contributed by atoms with E-state index >= 15 is 0 Å². The van der Waals surface area contributed by atoms with E-state index in [-0.39, 0.29) is 11.8 Å². The summed E-state index contributed by atoms with van der Waals surface area (Å²) in [5.74, 6) is -0.288. The number of nitrogens with one attached hydrogen (secondary N) is 1. The average Bonchev–Trinajstić information content (AvgIpc) is 2.68. The van der Waals surface area contributed by atoms with Gasteiger partial charge in [-0.05, 0) is 19.9 Å². The maximum Gasteiger partial charge on any atom is 0.273 e. The standard InChI is InChI=1S/C11H16N4O2/c1-11(2)10(17)12-6-7-15(11)9(16)8-4-5-13-14(8)3/h4-5H,6-7H2,1-3H3,(H,12,17). The van der Waals surface area contributed by atoms with Crippen LogP contribution in [0.5, 0.6) is 0 Å². The Labute approximate surface area is 99.6 Å². The number of carbonyl (C=O) groups excluding carboxylic acids is 2. The van der Waals surface area contributed by atoms with E-state index in [9.17, 15) is 9.59 Å². The van der Waals surface area contributed by atoms with Crippen LogP contribution >= 0.6 is 0 Å². The van der Waals surface area contributed by atoms with Crippen molar-refractivity contribution in [3.05, 3.63) is 18.0 Å². The van der Waals surface area contributed by atoms with Gasteiger partial charge in [0.15, 0.2) is 0 Å². The Kier molecular flexibility index (Phi) is 2.65. The molecule has 0 spiro atoms. The van der Waals surface area contributed by atoms with E-state index in [1.165, 1.54) is 4.68 Å². The summed E-state index contributed by atoms with van der Waals surface area (Å²) >= 11 is 0. The monoisotopic (exact) mass is 236 g/mol. The molecule has 0 radical (unpaired) electrons. The van der Waals surface area contributed by atoms with Gasteiger partial charge in [-0.3, -0.25) is 14.3 Å². The quantitative estimate of drug-likeness (QED) is 0.732. The normalized spacial score (nSPS) is 19.0. The molecule has 2 rings (SSSR count). The molecule has 0 atom stereocenters. The number of nitrogens with zero attached hydrogens (tertiary/aromatic N) is 3. The van der Waals surface area contributed by atoms with Crippen LogP contribution in [0.2, 0.25) is 0 Å². The van der Waals surface area contributed by atoms with Gasteiger partial charge in [-0.1, -0.05) is 0 Å².